The Morgan fingerprint density at radius 2 is 2.15 bits per heavy atom. The second-order valence-electron chi connectivity index (χ2n) is 7.42. The third kappa shape index (κ3) is 2.76. The molecule has 0 aliphatic carbocycles. The van der Waals surface area contributed by atoms with Crippen LogP contribution in [0.3, 0.4) is 0 Å². The van der Waals surface area contributed by atoms with Gasteiger partial charge in [0, 0.05) is 50.1 Å². The fourth-order valence-corrected chi connectivity index (χ4v) is 4.89. The topological polar surface area (TPSA) is 60.1 Å². The van der Waals surface area contributed by atoms with Crippen molar-refractivity contribution in [2.45, 2.75) is 38.1 Å². The van der Waals surface area contributed by atoms with Crippen LogP contribution in [0, 0.1) is 5.92 Å². The summed E-state index contributed by atoms with van der Waals surface area (Å²) in [4.78, 5) is 27.4. The number of aryl methyl sites for hydroxylation is 1. The number of pyridine rings is 1. The predicted molar refractivity (Wildman–Crippen MR) is 99.6 cm³/mol. The van der Waals surface area contributed by atoms with Crippen LogP contribution in [0.5, 0.6) is 0 Å². The van der Waals surface area contributed by atoms with Gasteiger partial charge in [0.15, 0.2) is 5.69 Å². The third-order valence-electron chi connectivity index (χ3n) is 5.66. The number of hydrogen-bond donors (Lipinski definition) is 0. The molecule has 4 heterocycles. The molecule has 0 N–H and O–H groups in total. The van der Waals surface area contributed by atoms with Gasteiger partial charge in [-0.1, -0.05) is 31.0 Å². The molecule has 2 aliphatic rings. The van der Waals surface area contributed by atoms with E-state index >= 15 is 0 Å². The third-order valence-corrected chi connectivity index (χ3v) is 5.93. The van der Waals surface area contributed by atoms with Gasteiger partial charge in [0.05, 0.1) is 5.02 Å². The first-order valence-corrected chi connectivity index (χ1v) is 9.57. The molecular weight excluding hydrogens is 352 g/mol. The molecule has 0 radical (unpaired) electrons. The number of aromatic nitrogens is 3. The van der Waals surface area contributed by atoms with E-state index in [0.717, 1.165) is 25.0 Å². The summed E-state index contributed by atoms with van der Waals surface area (Å²) >= 11 is 6.18. The fourth-order valence-electron chi connectivity index (χ4n) is 4.63. The Morgan fingerprint density at radius 1 is 1.35 bits per heavy atom. The largest absolute Gasteiger partial charge is 0.336 e. The van der Waals surface area contributed by atoms with E-state index in [0.29, 0.717) is 23.8 Å². The van der Waals surface area contributed by atoms with Crippen molar-refractivity contribution in [1.29, 1.82) is 0 Å². The standard InChI is InChI=1S/C19H23ClN4O2/c1-3-5-15-12-8-13(16-6-4-7-17(25)24(15)16)10-23(9-12)19(26)18-14(20)11-22(2)21-18/h4,6-7,11-13,15H,3,5,8-10H2,1-2H3/t12-,13+,15-/m0/s1. The number of hydrogen-bond acceptors (Lipinski definition) is 3. The van der Waals surface area contributed by atoms with Crippen LogP contribution in [0.1, 0.15) is 54.3 Å². The lowest BCUT2D eigenvalue weighted by molar-refractivity contribution is 0.0513. The molecule has 3 atom stereocenters. The molecule has 6 nitrogen and oxygen atoms in total. The molecule has 0 aromatic carbocycles. The van der Waals surface area contributed by atoms with Gasteiger partial charge < -0.3 is 9.47 Å². The number of piperidine rings is 1. The quantitative estimate of drug-likeness (QED) is 0.830. The zero-order valence-electron chi connectivity index (χ0n) is 15.1. The highest BCUT2D eigenvalue weighted by Gasteiger charge is 2.42. The van der Waals surface area contributed by atoms with Gasteiger partial charge in [-0.15, -0.1) is 0 Å². The minimum Gasteiger partial charge on any atom is -0.336 e. The number of carbonyl (C=O) groups is 1. The SMILES string of the molecule is CCC[C@H]1[C@H]2C[C@H](CN(C(=O)c3nn(C)cc3Cl)C2)c2cccc(=O)n21. The molecule has 7 heteroatoms. The van der Waals surface area contributed by atoms with Crippen molar-refractivity contribution in [3.8, 4) is 0 Å². The van der Waals surface area contributed by atoms with Crippen LogP contribution in [-0.2, 0) is 7.05 Å². The molecule has 26 heavy (non-hydrogen) atoms. The number of carbonyl (C=O) groups excluding carboxylic acids is 1. The molecule has 138 valence electrons. The zero-order chi connectivity index (χ0) is 18.4. The lowest BCUT2D eigenvalue weighted by Gasteiger charge is -2.47. The van der Waals surface area contributed by atoms with Gasteiger partial charge >= 0.3 is 0 Å². The molecular formula is C19H23ClN4O2. The normalized spacial score (nSPS) is 24.4. The van der Waals surface area contributed by atoms with Crippen LogP contribution in [0.2, 0.25) is 5.02 Å². The maximum Gasteiger partial charge on any atom is 0.275 e. The minimum absolute atomic E-state index is 0.0724. The van der Waals surface area contributed by atoms with Crippen LogP contribution in [0.4, 0.5) is 0 Å². The molecule has 0 unspecified atom stereocenters. The first kappa shape index (κ1) is 17.3. The van der Waals surface area contributed by atoms with Gasteiger partial charge in [-0.25, -0.2) is 0 Å². The molecule has 0 saturated carbocycles. The van der Waals surface area contributed by atoms with E-state index in [9.17, 15) is 9.59 Å². The van der Waals surface area contributed by atoms with Gasteiger partial charge in [0.1, 0.15) is 0 Å². The number of nitrogens with zero attached hydrogens (tertiary/aromatic N) is 4. The second kappa shape index (κ2) is 6.58. The van der Waals surface area contributed by atoms with Crippen molar-refractivity contribution in [3.63, 3.8) is 0 Å². The van der Waals surface area contributed by atoms with Crippen molar-refractivity contribution >= 4 is 17.5 Å². The second-order valence-corrected chi connectivity index (χ2v) is 7.82. The Labute approximate surface area is 157 Å². The van der Waals surface area contributed by atoms with E-state index in [4.69, 9.17) is 11.6 Å². The van der Waals surface area contributed by atoms with Crippen LogP contribution in [0.25, 0.3) is 0 Å². The molecule has 1 amide bonds. The number of fused-ring (bicyclic) bond motifs is 4. The molecule has 2 bridgehead atoms. The molecule has 1 fully saturated rings. The summed E-state index contributed by atoms with van der Waals surface area (Å²) in [5.41, 5.74) is 1.44. The summed E-state index contributed by atoms with van der Waals surface area (Å²) in [5.74, 6) is 0.349. The van der Waals surface area contributed by atoms with E-state index in [1.165, 1.54) is 0 Å². The van der Waals surface area contributed by atoms with Crippen molar-refractivity contribution in [1.82, 2.24) is 19.2 Å². The summed E-state index contributed by atoms with van der Waals surface area (Å²) in [6, 6.07) is 5.65. The summed E-state index contributed by atoms with van der Waals surface area (Å²) in [7, 11) is 1.76. The number of likely N-dealkylation sites (tertiary alicyclic amines) is 1. The minimum atomic E-state index is -0.118. The molecule has 1 saturated heterocycles. The van der Waals surface area contributed by atoms with Gasteiger partial charge in [0.25, 0.3) is 11.5 Å². The highest BCUT2D eigenvalue weighted by molar-refractivity contribution is 6.33. The maximum absolute atomic E-state index is 13.0. The summed E-state index contributed by atoms with van der Waals surface area (Å²) in [6.07, 6.45) is 4.62. The molecule has 4 rings (SSSR count). The van der Waals surface area contributed by atoms with Gasteiger partial charge in [-0.2, -0.15) is 5.10 Å². The predicted octanol–water partition coefficient (Wildman–Crippen LogP) is 2.84. The highest BCUT2D eigenvalue weighted by atomic mass is 35.5. The smallest absolute Gasteiger partial charge is 0.275 e. The van der Waals surface area contributed by atoms with E-state index in [2.05, 4.69) is 12.0 Å². The lowest BCUT2D eigenvalue weighted by atomic mass is 9.77. The van der Waals surface area contributed by atoms with Crippen LogP contribution >= 0.6 is 11.6 Å². The highest BCUT2D eigenvalue weighted by Crippen LogP contribution is 2.43. The van der Waals surface area contributed by atoms with Crippen LogP contribution in [0.15, 0.2) is 29.2 Å². The number of halogens is 1. The first-order valence-electron chi connectivity index (χ1n) is 9.19. The molecule has 2 aromatic rings. The van der Waals surface area contributed by atoms with Crippen molar-refractivity contribution in [3.05, 3.63) is 51.2 Å². The molecule has 0 spiro atoms. The summed E-state index contributed by atoms with van der Waals surface area (Å²) in [6.45, 7) is 3.39. The monoisotopic (exact) mass is 374 g/mol. The molecule has 2 aromatic heterocycles. The number of amides is 1. The molecule has 2 aliphatic heterocycles. The Bertz CT molecular complexity index is 903. The van der Waals surface area contributed by atoms with Gasteiger partial charge in [0.2, 0.25) is 0 Å². The Balaban J connectivity index is 1.70. The van der Waals surface area contributed by atoms with E-state index in [-0.39, 0.29) is 29.3 Å². The Morgan fingerprint density at radius 3 is 2.85 bits per heavy atom. The Hall–Kier alpha value is -2.08. The van der Waals surface area contributed by atoms with E-state index in [1.54, 1.807) is 24.0 Å². The van der Waals surface area contributed by atoms with Gasteiger partial charge in [-0.3, -0.25) is 14.3 Å². The van der Waals surface area contributed by atoms with Crippen molar-refractivity contribution in [2.24, 2.45) is 13.0 Å². The maximum atomic E-state index is 13.0. The van der Waals surface area contributed by atoms with Crippen LogP contribution in [-0.4, -0.2) is 38.2 Å². The average molecular weight is 375 g/mol. The summed E-state index contributed by atoms with van der Waals surface area (Å²) < 4.78 is 3.55. The fraction of sp³-hybridized carbons (Fsp3) is 0.526. The van der Waals surface area contributed by atoms with Gasteiger partial charge in [-0.05, 0) is 24.8 Å². The van der Waals surface area contributed by atoms with E-state index < -0.39 is 0 Å². The zero-order valence-corrected chi connectivity index (χ0v) is 15.8. The first-order chi connectivity index (χ1) is 12.5. The summed E-state index contributed by atoms with van der Waals surface area (Å²) in [5, 5.41) is 4.62. The van der Waals surface area contributed by atoms with Crippen LogP contribution < -0.4 is 5.56 Å². The lowest BCUT2D eigenvalue weighted by Crippen LogP contribution is -2.51. The van der Waals surface area contributed by atoms with Crippen molar-refractivity contribution in [2.75, 3.05) is 13.1 Å². The van der Waals surface area contributed by atoms with Crippen molar-refractivity contribution < 1.29 is 4.79 Å². The number of rotatable bonds is 3. The average Bonchev–Trinajstić information content (AvgIpc) is 2.96. The van der Waals surface area contributed by atoms with E-state index in [1.807, 2.05) is 21.6 Å². The Kier molecular flexibility index (Phi) is 4.39.